The molecule has 12 heteroatoms. The smallest absolute Gasteiger partial charge is 0.416 e. The highest BCUT2D eigenvalue weighted by molar-refractivity contribution is 5.97. The Balaban J connectivity index is 3.14. The van der Waals surface area contributed by atoms with E-state index in [0.29, 0.717) is 6.07 Å². The molecule has 0 fully saturated rings. The number of hydrogen-bond donors (Lipinski definition) is 1. The quantitative estimate of drug-likeness (QED) is 0.105. The second-order valence-corrected chi connectivity index (χ2v) is 8.62. The molecule has 0 unspecified atom stereocenters. The van der Waals surface area contributed by atoms with Crippen molar-refractivity contribution in [3.05, 3.63) is 58.4 Å². The summed E-state index contributed by atoms with van der Waals surface area (Å²) in [5.74, 6) is -5.48. The van der Waals surface area contributed by atoms with Gasteiger partial charge in [0.15, 0.2) is 11.5 Å². The van der Waals surface area contributed by atoms with Crippen molar-refractivity contribution in [2.24, 2.45) is 10.9 Å². The first-order chi connectivity index (χ1) is 17.6. The number of amides is 1. The second-order valence-electron chi connectivity index (χ2n) is 8.62. The Kier molecular flexibility index (Phi) is 11.7. The van der Waals surface area contributed by atoms with Crippen molar-refractivity contribution in [2.45, 2.75) is 65.8 Å². The van der Waals surface area contributed by atoms with Crippen LogP contribution >= 0.6 is 0 Å². The highest BCUT2D eigenvalue weighted by Gasteiger charge is 2.37. The lowest BCUT2D eigenvalue weighted by Gasteiger charge is -2.25. The summed E-state index contributed by atoms with van der Waals surface area (Å²) in [4.78, 5) is 41.4. The molecule has 0 radical (unpaired) electrons. The fourth-order valence-electron chi connectivity index (χ4n) is 3.16. The largest absolute Gasteiger partial charge is 0.493 e. The summed E-state index contributed by atoms with van der Waals surface area (Å²) >= 11 is 0. The van der Waals surface area contributed by atoms with E-state index in [0.717, 1.165) is 12.1 Å². The summed E-state index contributed by atoms with van der Waals surface area (Å²) in [7, 11) is 1.28. The minimum absolute atomic E-state index is 0.00833. The Morgan fingerprint density at radius 1 is 1.08 bits per heavy atom. The Labute approximate surface area is 218 Å². The number of aliphatic imine (C=N–C) groups is 1. The zero-order chi connectivity index (χ0) is 29.4. The van der Waals surface area contributed by atoms with Gasteiger partial charge < -0.3 is 19.5 Å². The molecular weight excluding hydrogens is 512 g/mol. The third-order valence-corrected chi connectivity index (χ3v) is 5.49. The molecule has 0 bridgehead atoms. The number of hydrogen-bond acceptors (Lipinski definition) is 7. The molecule has 1 rings (SSSR count). The van der Waals surface area contributed by atoms with Crippen molar-refractivity contribution in [3.8, 4) is 0 Å². The number of methoxy groups -OCH3 is 1. The van der Waals surface area contributed by atoms with Crippen LogP contribution in [0.2, 0.25) is 0 Å². The molecule has 0 aliphatic rings. The van der Waals surface area contributed by atoms with Crippen LogP contribution in [-0.4, -0.2) is 43.8 Å². The van der Waals surface area contributed by atoms with Crippen LogP contribution in [-0.2, 0) is 34.8 Å². The number of benzene rings is 1. The van der Waals surface area contributed by atoms with Gasteiger partial charge in [0.05, 0.1) is 18.6 Å². The predicted octanol–water partition coefficient (Wildman–Crippen LogP) is 5.05. The Hall–Kier alpha value is -3.70. The number of esters is 2. The fraction of sp³-hybridized carbons (Fsp3) is 0.462. The van der Waals surface area contributed by atoms with Gasteiger partial charge in [-0.25, -0.2) is 9.18 Å². The number of carbonyl (C=O) groups is 3. The zero-order valence-electron chi connectivity index (χ0n) is 22.2. The van der Waals surface area contributed by atoms with Gasteiger partial charge in [-0.2, -0.15) is 13.2 Å². The molecule has 0 aromatic heterocycles. The van der Waals surface area contributed by atoms with E-state index in [1.165, 1.54) is 34.0 Å². The monoisotopic (exact) mass is 544 g/mol. The molecule has 1 aromatic carbocycles. The highest BCUT2D eigenvalue weighted by Crippen LogP contribution is 2.37. The number of nitrogens with one attached hydrogen (secondary N) is 1. The minimum Gasteiger partial charge on any atom is -0.493 e. The molecule has 210 valence electrons. The van der Waals surface area contributed by atoms with Gasteiger partial charge in [0, 0.05) is 5.92 Å². The van der Waals surface area contributed by atoms with Crippen LogP contribution in [0.4, 0.5) is 17.6 Å². The molecule has 8 nitrogen and oxygen atoms in total. The van der Waals surface area contributed by atoms with E-state index in [1.54, 1.807) is 20.8 Å². The van der Waals surface area contributed by atoms with Crippen molar-refractivity contribution >= 4 is 24.6 Å². The number of nitrogens with zero attached hydrogens (tertiary/aromatic N) is 1. The topological polar surface area (TPSA) is 103 Å². The van der Waals surface area contributed by atoms with Gasteiger partial charge >= 0.3 is 18.1 Å². The third kappa shape index (κ3) is 8.42. The summed E-state index contributed by atoms with van der Waals surface area (Å²) in [5, 5.41) is 2.34. The lowest BCUT2D eigenvalue weighted by atomic mass is 9.91. The molecule has 0 aliphatic heterocycles. The molecule has 0 spiro atoms. The highest BCUT2D eigenvalue weighted by atomic mass is 19.4. The molecular formula is C26H32F4N2O6. The van der Waals surface area contributed by atoms with Crippen molar-refractivity contribution in [2.75, 3.05) is 7.11 Å². The van der Waals surface area contributed by atoms with E-state index in [4.69, 9.17) is 14.2 Å². The summed E-state index contributed by atoms with van der Waals surface area (Å²) < 4.78 is 69.4. The van der Waals surface area contributed by atoms with Crippen LogP contribution in [0.25, 0.3) is 0 Å². The van der Waals surface area contributed by atoms with E-state index in [9.17, 15) is 31.9 Å². The average molecular weight is 545 g/mol. The first-order valence-electron chi connectivity index (χ1n) is 11.6. The molecule has 3 atom stereocenters. The normalized spacial score (nSPS) is 15.1. The number of allylic oxidation sites excluding steroid dienone is 1. The van der Waals surface area contributed by atoms with E-state index in [1.807, 2.05) is 0 Å². The van der Waals surface area contributed by atoms with Crippen LogP contribution in [0, 0.1) is 11.7 Å². The van der Waals surface area contributed by atoms with Crippen LogP contribution in [0.3, 0.4) is 0 Å². The van der Waals surface area contributed by atoms with Gasteiger partial charge in [0.1, 0.15) is 18.0 Å². The van der Waals surface area contributed by atoms with Gasteiger partial charge in [-0.3, -0.25) is 14.6 Å². The standard InChI is InChI=1S/C26H32F4N2O6/c1-9-20(36-8)22(38-24(34)13(2)3)21(31-7)23(33)32-15(5)25(35)37-16(6)14(4)18-11-10-17(27)12-19(18)26(28,29)30/h9-16H,7H2,1-6,8H3,(H,32,33)/b20-9+,22-21+/t14-,15+,16+/m1/s1. The lowest BCUT2D eigenvalue weighted by Crippen LogP contribution is -2.42. The Morgan fingerprint density at radius 3 is 2.16 bits per heavy atom. The maximum absolute atomic E-state index is 13.5. The number of carbonyl (C=O) groups excluding carboxylic acids is 3. The van der Waals surface area contributed by atoms with Gasteiger partial charge in [-0.15, -0.1) is 0 Å². The second kappa shape index (κ2) is 13.7. The van der Waals surface area contributed by atoms with E-state index < -0.39 is 65.1 Å². The van der Waals surface area contributed by atoms with E-state index >= 15 is 0 Å². The number of alkyl halides is 3. The molecule has 0 saturated carbocycles. The first-order valence-corrected chi connectivity index (χ1v) is 11.6. The predicted molar refractivity (Wildman–Crippen MR) is 131 cm³/mol. The van der Waals surface area contributed by atoms with Crippen LogP contribution in [0.1, 0.15) is 58.6 Å². The van der Waals surface area contributed by atoms with E-state index in [-0.39, 0.29) is 17.1 Å². The average Bonchev–Trinajstić information content (AvgIpc) is 2.83. The Bertz CT molecular complexity index is 1110. The van der Waals surface area contributed by atoms with Crippen molar-refractivity contribution < 1.29 is 46.2 Å². The first kappa shape index (κ1) is 32.3. The molecule has 38 heavy (non-hydrogen) atoms. The summed E-state index contributed by atoms with van der Waals surface area (Å²) in [6, 6.07) is 0.960. The molecule has 0 heterocycles. The molecule has 1 N–H and O–H groups in total. The zero-order valence-corrected chi connectivity index (χ0v) is 22.2. The van der Waals surface area contributed by atoms with Crippen molar-refractivity contribution in [3.63, 3.8) is 0 Å². The van der Waals surface area contributed by atoms with Gasteiger partial charge in [-0.05, 0) is 51.3 Å². The third-order valence-electron chi connectivity index (χ3n) is 5.49. The number of ether oxygens (including phenoxy) is 3. The lowest BCUT2D eigenvalue weighted by molar-refractivity contribution is -0.152. The molecule has 1 aromatic rings. The van der Waals surface area contributed by atoms with Crippen molar-refractivity contribution in [1.82, 2.24) is 5.32 Å². The van der Waals surface area contributed by atoms with E-state index in [2.05, 4.69) is 17.0 Å². The molecule has 0 aliphatic carbocycles. The summed E-state index contributed by atoms with van der Waals surface area (Å²) in [5.41, 5.74) is -1.88. The fourth-order valence-corrected chi connectivity index (χ4v) is 3.16. The van der Waals surface area contributed by atoms with Crippen molar-refractivity contribution in [1.29, 1.82) is 0 Å². The Morgan fingerprint density at radius 2 is 1.68 bits per heavy atom. The van der Waals surface area contributed by atoms with Crippen LogP contribution < -0.4 is 5.32 Å². The number of halogens is 4. The minimum atomic E-state index is -4.82. The van der Waals surface area contributed by atoms with Crippen LogP contribution in [0.15, 0.2) is 46.5 Å². The maximum Gasteiger partial charge on any atom is 0.416 e. The maximum atomic E-state index is 13.5. The summed E-state index contributed by atoms with van der Waals surface area (Å²) in [6.45, 7) is 12.1. The molecule has 0 saturated heterocycles. The van der Waals surface area contributed by atoms with Crippen LogP contribution in [0.5, 0.6) is 0 Å². The summed E-state index contributed by atoms with van der Waals surface area (Å²) in [6.07, 6.45) is -4.47. The number of rotatable bonds is 11. The SMILES string of the molecule is C=N/C(C(=O)N[C@@H](C)C(=O)O[C@@H](C)[C@@H](C)c1ccc(F)cc1C(F)(F)F)=C(OC(=O)C(C)C)\C(=C/C)OC. The van der Waals surface area contributed by atoms with Gasteiger partial charge in [0.2, 0.25) is 5.76 Å². The van der Waals surface area contributed by atoms with Gasteiger partial charge in [0.25, 0.3) is 5.91 Å². The molecule has 1 amide bonds. The van der Waals surface area contributed by atoms with Gasteiger partial charge in [-0.1, -0.05) is 26.8 Å².